The molecule has 0 fully saturated rings. The zero-order chi connectivity index (χ0) is 13.1. The zero-order valence-corrected chi connectivity index (χ0v) is 10.7. The summed E-state index contributed by atoms with van der Waals surface area (Å²) in [5.41, 5.74) is 1.38. The first-order chi connectivity index (χ1) is 7.83. The summed E-state index contributed by atoms with van der Waals surface area (Å²) in [6.45, 7) is 7.18. The van der Waals surface area contributed by atoms with Gasteiger partial charge in [-0.2, -0.15) is 0 Å². The van der Waals surface area contributed by atoms with Crippen molar-refractivity contribution in [3.63, 3.8) is 0 Å². The quantitative estimate of drug-likeness (QED) is 0.480. The molecule has 0 aliphatic carbocycles. The van der Waals surface area contributed by atoms with Gasteiger partial charge in [0.1, 0.15) is 12.4 Å². The van der Waals surface area contributed by atoms with Gasteiger partial charge in [-0.05, 0) is 39.8 Å². The summed E-state index contributed by atoms with van der Waals surface area (Å²) in [6.07, 6.45) is 0. The normalized spacial score (nSPS) is 12.6. The van der Waals surface area contributed by atoms with Gasteiger partial charge in [-0.25, -0.2) is 0 Å². The van der Waals surface area contributed by atoms with E-state index in [0.29, 0.717) is 11.5 Å². The summed E-state index contributed by atoms with van der Waals surface area (Å²) < 4.78 is 5.54. The lowest BCUT2D eigenvalue weighted by molar-refractivity contribution is 0.0284. The summed E-state index contributed by atoms with van der Waals surface area (Å²) in [7, 11) is 0. The van der Waals surface area contributed by atoms with Crippen LogP contribution < -0.4 is 4.74 Å². The fraction of sp³-hybridized carbons (Fsp3) is 0.462. The summed E-state index contributed by atoms with van der Waals surface area (Å²) in [5.74, 6) is 0.605. The Morgan fingerprint density at radius 3 is 2.59 bits per heavy atom. The third kappa shape index (κ3) is 4.07. The van der Waals surface area contributed by atoms with E-state index < -0.39 is 5.60 Å². The molecule has 4 nitrogen and oxygen atoms in total. The van der Waals surface area contributed by atoms with Crippen LogP contribution in [-0.2, 0) is 0 Å². The molecule has 0 amide bonds. The molecule has 0 radical (unpaired) electrons. The van der Waals surface area contributed by atoms with Gasteiger partial charge >= 0.3 is 0 Å². The number of benzene rings is 1. The Bertz CT molecular complexity index is 419. The van der Waals surface area contributed by atoms with Crippen molar-refractivity contribution in [3.8, 4) is 5.75 Å². The van der Waals surface area contributed by atoms with E-state index in [1.807, 2.05) is 25.1 Å². The first-order valence-corrected chi connectivity index (χ1v) is 5.48. The molecule has 0 unspecified atom stereocenters. The maximum atomic E-state index is 9.62. The molecule has 0 atom stereocenters. The highest BCUT2D eigenvalue weighted by molar-refractivity contribution is 6.00. The fourth-order valence-electron chi connectivity index (χ4n) is 1.36. The Morgan fingerprint density at radius 2 is 2.06 bits per heavy atom. The van der Waals surface area contributed by atoms with Crippen LogP contribution in [0.15, 0.2) is 23.4 Å². The SMILES string of the molecule is C/C(=N\O)c1cc(C)ccc1OCC(C)(C)O. The van der Waals surface area contributed by atoms with Crippen LogP contribution in [0, 0.1) is 6.92 Å². The van der Waals surface area contributed by atoms with Crippen molar-refractivity contribution in [3.05, 3.63) is 29.3 Å². The first-order valence-electron chi connectivity index (χ1n) is 5.48. The summed E-state index contributed by atoms with van der Waals surface area (Å²) in [5, 5.41) is 21.6. The number of hydrogen-bond donors (Lipinski definition) is 2. The van der Waals surface area contributed by atoms with Crippen LogP contribution in [-0.4, -0.2) is 28.2 Å². The Labute approximate surface area is 102 Å². The molecule has 1 aromatic carbocycles. The average molecular weight is 237 g/mol. The number of oxime groups is 1. The van der Waals surface area contributed by atoms with Gasteiger partial charge in [0.05, 0.1) is 11.3 Å². The Morgan fingerprint density at radius 1 is 1.41 bits per heavy atom. The largest absolute Gasteiger partial charge is 0.490 e. The van der Waals surface area contributed by atoms with Gasteiger partial charge in [0.15, 0.2) is 0 Å². The fourth-order valence-corrected chi connectivity index (χ4v) is 1.36. The van der Waals surface area contributed by atoms with Crippen LogP contribution >= 0.6 is 0 Å². The molecule has 0 spiro atoms. The minimum absolute atomic E-state index is 0.182. The lowest BCUT2D eigenvalue weighted by Gasteiger charge is -2.19. The molecule has 0 bridgehead atoms. The molecular formula is C13H19NO3. The third-order valence-electron chi connectivity index (χ3n) is 2.26. The second-order valence-electron chi connectivity index (χ2n) is 4.79. The predicted octanol–water partition coefficient (Wildman–Crippen LogP) is 2.34. The second kappa shape index (κ2) is 5.19. The van der Waals surface area contributed by atoms with Gasteiger partial charge in [-0.3, -0.25) is 0 Å². The van der Waals surface area contributed by atoms with Crippen molar-refractivity contribution in [1.82, 2.24) is 0 Å². The minimum Gasteiger partial charge on any atom is -0.490 e. The second-order valence-corrected chi connectivity index (χ2v) is 4.79. The summed E-state index contributed by atoms with van der Waals surface area (Å²) in [4.78, 5) is 0. The van der Waals surface area contributed by atoms with E-state index in [1.54, 1.807) is 20.8 Å². The lowest BCUT2D eigenvalue weighted by Crippen LogP contribution is -2.28. The highest BCUT2D eigenvalue weighted by Crippen LogP contribution is 2.22. The van der Waals surface area contributed by atoms with E-state index in [-0.39, 0.29) is 6.61 Å². The van der Waals surface area contributed by atoms with Crippen LogP contribution in [0.1, 0.15) is 31.9 Å². The first kappa shape index (κ1) is 13.5. The number of hydrogen-bond acceptors (Lipinski definition) is 4. The van der Waals surface area contributed by atoms with E-state index in [0.717, 1.165) is 11.1 Å². The Balaban J connectivity index is 2.99. The molecule has 4 heteroatoms. The Hall–Kier alpha value is -1.55. The molecule has 0 aliphatic rings. The topological polar surface area (TPSA) is 62.1 Å². The van der Waals surface area contributed by atoms with Crippen molar-refractivity contribution in [2.24, 2.45) is 5.16 Å². The Kier molecular flexibility index (Phi) is 4.12. The molecule has 0 saturated carbocycles. The van der Waals surface area contributed by atoms with Crippen LogP contribution in [0.4, 0.5) is 0 Å². The van der Waals surface area contributed by atoms with Gasteiger partial charge in [0, 0.05) is 5.56 Å². The predicted molar refractivity (Wildman–Crippen MR) is 67.0 cm³/mol. The number of rotatable bonds is 4. The molecule has 17 heavy (non-hydrogen) atoms. The number of nitrogens with zero attached hydrogens (tertiary/aromatic N) is 1. The van der Waals surface area contributed by atoms with E-state index in [2.05, 4.69) is 5.16 Å². The van der Waals surface area contributed by atoms with Crippen molar-refractivity contribution in [2.75, 3.05) is 6.61 Å². The van der Waals surface area contributed by atoms with E-state index in [4.69, 9.17) is 9.94 Å². The molecule has 94 valence electrons. The number of aliphatic hydroxyl groups is 1. The maximum absolute atomic E-state index is 9.62. The maximum Gasteiger partial charge on any atom is 0.128 e. The monoisotopic (exact) mass is 237 g/mol. The highest BCUT2D eigenvalue weighted by atomic mass is 16.5. The number of ether oxygens (including phenoxy) is 1. The van der Waals surface area contributed by atoms with E-state index >= 15 is 0 Å². The van der Waals surface area contributed by atoms with Crippen LogP contribution in [0.2, 0.25) is 0 Å². The van der Waals surface area contributed by atoms with Crippen molar-refractivity contribution in [2.45, 2.75) is 33.3 Å². The average Bonchev–Trinajstić information content (AvgIpc) is 2.25. The van der Waals surface area contributed by atoms with Crippen molar-refractivity contribution in [1.29, 1.82) is 0 Å². The standard InChI is InChI=1S/C13H19NO3/c1-9-5-6-12(17-8-13(3,4)15)11(7-9)10(2)14-16/h5-7,15-16H,8H2,1-4H3/b14-10+. The highest BCUT2D eigenvalue weighted by Gasteiger charge is 2.15. The number of aryl methyl sites for hydroxylation is 1. The molecule has 0 saturated heterocycles. The molecule has 1 rings (SSSR count). The summed E-state index contributed by atoms with van der Waals surface area (Å²) in [6, 6.07) is 5.60. The van der Waals surface area contributed by atoms with E-state index in [1.165, 1.54) is 0 Å². The molecule has 0 aliphatic heterocycles. The van der Waals surface area contributed by atoms with Gasteiger partial charge in [0.2, 0.25) is 0 Å². The van der Waals surface area contributed by atoms with Crippen LogP contribution in [0.25, 0.3) is 0 Å². The van der Waals surface area contributed by atoms with Crippen molar-refractivity contribution < 1.29 is 15.1 Å². The molecular weight excluding hydrogens is 218 g/mol. The van der Waals surface area contributed by atoms with Crippen molar-refractivity contribution >= 4 is 5.71 Å². The molecule has 0 aromatic heterocycles. The minimum atomic E-state index is -0.896. The smallest absolute Gasteiger partial charge is 0.128 e. The molecule has 0 heterocycles. The van der Waals surface area contributed by atoms with Gasteiger partial charge in [0.25, 0.3) is 0 Å². The van der Waals surface area contributed by atoms with E-state index in [9.17, 15) is 5.11 Å². The van der Waals surface area contributed by atoms with Gasteiger partial charge < -0.3 is 15.1 Å². The van der Waals surface area contributed by atoms with Crippen LogP contribution in [0.5, 0.6) is 5.75 Å². The van der Waals surface area contributed by atoms with Crippen LogP contribution in [0.3, 0.4) is 0 Å². The third-order valence-corrected chi connectivity index (χ3v) is 2.26. The summed E-state index contributed by atoms with van der Waals surface area (Å²) >= 11 is 0. The van der Waals surface area contributed by atoms with Gasteiger partial charge in [-0.15, -0.1) is 0 Å². The van der Waals surface area contributed by atoms with Gasteiger partial charge in [-0.1, -0.05) is 16.8 Å². The lowest BCUT2D eigenvalue weighted by atomic mass is 10.1. The molecule has 2 N–H and O–H groups in total. The molecule has 1 aromatic rings. The zero-order valence-electron chi connectivity index (χ0n) is 10.7.